The number of amides is 3. The summed E-state index contributed by atoms with van der Waals surface area (Å²) in [6.07, 6.45) is 5.42. The highest BCUT2D eigenvalue weighted by Gasteiger charge is 2.30. The van der Waals surface area contributed by atoms with Crippen LogP contribution < -0.4 is 19.5 Å². The third-order valence-corrected chi connectivity index (χ3v) is 6.53. The summed E-state index contributed by atoms with van der Waals surface area (Å²) in [6, 6.07) is 3.74. The molecule has 1 saturated heterocycles. The Morgan fingerprint density at radius 1 is 1.28 bits per heavy atom. The van der Waals surface area contributed by atoms with Gasteiger partial charge in [0.05, 0.1) is 17.7 Å². The van der Waals surface area contributed by atoms with Gasteiger partial charge in [0, 0.05) is 17.9 Å². The lowest BCUT2D eigenvalue weighted by atomic mass is 10.1. The number of nitrogens with one attached hydrogen (secondary N) is 2. The number of fused-ring (bicyclic) bond motifs is 1. The molecular formula is C20H26ClN3O4S. The average Bonchev–Trinajstić information content (AvgIpc) is 3.35. The van der Waals surface area contributed by atoms with Crippen LogP contribution in [0.15, 0.2) is 12.1 Å². The summed E-state index contributed by atoms with van der Waals surface area (Å²) in [5.41, 5.74) is 1.09. The fraction of sp³-hybridized carbons (Fsp3) is 0.600. The molecule has 2 fully saturated rings. The van der Waals surface area contributed by atoms with Gasteiger partial charge in [-0.1, -0.05) is 36.0 Å². The van der Waals surface area contributed by atoms with Crippen LogP contribution in [0, 0.1) is 5.92 Å². The average molecular weight is 440 g/mol. The molecule has 3 aliphatic rings. The first kappa shape index (κ1) is 20.6. The second-order valence-corrected chi connectivity index (χ2v) is 9.05. The summed E-state index contributed by atoms with van der Waals surface area (Å²) < 4.78 is 15.3. The molecule has 1 saturated carbocycles. The lowest BCUT2D eigenvalue weighted by molar-refractivity contribution is -0.118. The van der Waals surface area contributed by atoms with Crippen LogP contribution in [0.1, 0.15) is 43.7 Å². The maximum absolute atomic E-state index is 11.5. The highest BCUT2D eigenvalue weighted by Crippen LogP contribution is 2.45. The number of hydrogen-bond donors (Lipinski definition) is 2. The molecule has 0 spiro atoms. The van der Waals surface area contributed by atoms with Crippen LogP contribution in [0.4, 0.5) is 4.79 Å². The summed E-state index contributed by atoms with van der Waals surface area (Å²) in [6.45, 7) is 2.09. The van der Waals surface area contributed by atoms with E-state index in [0.717, 1.165) is 36.3 Å². The Hall–Kier alpha value is -1.64. The number of carbonyl (C=O) groups is 2. The molecule has 1 aromatic carbocycles. The first-order valence-corrected chi connectivity index (χ1v) is 11.5. The number of benzene rings is 1. The summed E-state index contributed by atoms with van der Waals surface area (Å²) in [5, 5.41) is 2.90. The maximum Gasteiger partial charge on any atom is 0.324 e. The van der Waals surface area contributed by atoms with Gasteiger partial charge in [-0.3, -0.25) is 14.8 Å². The van der Waals surface area contributed by atoms with Crippen molar-refractivity contribution in [1.29, 1.82) is 0 Å². The van der Waals surface area contributed by atoms with Crippen molar-refractivity contribution in [2.75, 3.05) is 32.1 Å². The number of hydrogen-bond acceptors (Lipinski definition) is 6. The normalized spacial score (nSPS) is 20.6. The van der Waals surface area contributed by atoms with Gasteiger partial charge in [-0.25, -0.2) is 4.79 Å². The van der Waals surface area contributed by atoms with E-state index < -0.39 is 0 Å². The molecule has 1 aliphatic carbocycles. The third kappa shape index (κ3) is 5.29. The number of rotatable bonds is 11. The second-order valence-electron chi connectivity index (χ2n) is 7.71. The van der Waals surface area contributed by atoms with Crippen molar-refractivity contribution in [3.8, 4) is 11.5 Å². The molecule has 0 radical (unpaired) electrons. The third-order valence-electron chi connectivity index (χ3n) is 5.29. The minimum atomic E-state index is -0.272. The maximum atomic E-state index is 11.5. The molecule has 158 valence electrons. The monoisotopic (exact) mass is 439 g/mol. The molecule has 1 aromatic rings. The van der Waals surface area contributed by atoms with E-state index in [9.17, 15) is 9.59 Å². The molecule has 9 heteroatoms. The minimum Gasteiger partial charge on any atom is -0.488 e. The van der Waals surface area contributed by atoms with Crippen LogP contribution in [-0.2, 0) is 4.79 Å². The van der Waals surface area contributed by atoms with Crippen molar-refractivity contribution in [2.45, 2.75) is 38.1 Å². The minimum absolute atomic E-state index is 0.120. The molecule has 2 N–H and O–H groups in total. The van der Waals surface area contributed by atoms with Crippen LogP contribution in [-0.4, -0.2) is 48.9 Å². The lowest BCUT2D eigenvalue weighted by Crippen LogP contribution is -2.29. The van der Waals surface area contributed by atoms with E-state index >= 15 is 0 Å². The van der Waals surface area contributed by atoms with E-state index in [1.54, 1.807) is 16.8 Å². The largest absolute Gasteiger partial charge is 0.488 e. The SMILES string of the molecule is O=C1CN(CCCCCSNC2COc3c2ccc(Cl)c3OCC2CC2)C(=O)N1. The predicted molar refractivity (Wildman–Crippen MR) is 112 cm³/mol. The first-order valence-electron chi connectivity index (χ1n) is 10.2. The molecule has 1 unspecified atom stereocenters. The van der Waals surface area contributed by atoms with Crippen molar-refractivity contribution in [1.82, 2.24) is 14.9 Å². The van der Waals surface area contributed by atoms with E-state index in [1.807, 2.05) is 12.1 Å². The number of urea groups is 1. The highest BCUT2D eigenvalue weighted by molar-refractivity contribution is 7.97. The standard InChI is InChI=1S/C20H26ClN3O4S/c21-15-7-6-14-16(12-28-18(14)19(15)27-11-13-4-5-13)23-29-9-3-1-2-8-24-10-17(25)22-20(24)26/h6-7,13,16,23H,1-5,8-12H2,(H,22,25,26). The number of imide groups is 1. The zero-order valence-corrected chi connectivity index (χ0v) is 17.8. The fourth-order valence-electron chi connectivity index (χ4n) is 3.43. The van der Waals surface area contributed by atoms with Crippen molar-refractivity contribution in [3.05, 3.63) is 22.7 Å². The number of nitrogens with zero attached hydrogens (tertiary/aromatic N) is 1. The smallest absolute Gasteiger partial charge is 0.324 e. The number of halogens is 1. The summed E-state index contributed by atoms with van der Waals surface area (Å²) >= 11 is 8.01. The van der Waals surface area contributed by atoms with Gasteiger partial charge in [-0.05, 0) is 37.7 Å². The predicted octanol–water partition coefficient (Wildman–Crippen LogP) is 3.52. The Balaban J connectivity index is 1.16. The number of carbonyl (C=O) groups excluding carboxylic acids is 2. The molecule has 29 heavy (non-hydrogen) atoms. The molecular weight excluding hydrogens is 414 g/mol. The Kier molecular flexibility index (Phi) is 6.72. The van der Waals surface area contributed by atoms with Gasteiger partial charge >= 0.3 is 6.03 Å². The summed E-state index contributed by atoms with van der Waals surface area (Å²) in [4.78, 5) is 24.2. The number of ether oxygens (including phenoxy) is 2. The van der Waals surface area contributed by atoms with Gasteiger partial charge in [0.25, 0.3) is 0 Å². The van der Waals surface area contributed by atoms with Crippen LogP contribution in [0.25, 0.3) is 0 Å². The highest BCUT2D eigenvalue weighted by atomic mass is 35.5. The molecule has 2 aliphatic heterocycles. The Labute approximate surface area is 179 Å². The topological polar surface area (TPSA) is 79.9 Å². The van der Waals surface area contributed by atoms with Crippen LogP contribution in [0.5, 0.6) is 11.5 Å². The van der Waals surface area contributed by atoms with Gasteiger partial charge in [0.1, 0.15) is 13.2 Å². The molecule has 0 bridgehead atoms. The van der Waals surface area contributed by atoms with E-state index in [-0.39, 0.29) is 24.5 Å². The lowest BCUT2D eigenvalue weighted by Gasteiger charge is -2.14. The second kappa shape index (κ2) is 9.45. The van der Waals surface area contributed by atoms with Gasteiger partial charge in [0.2, 0.25) is 5.91 Å². The molecule has 7 nitrogen and oxygen atoms in total. The van der Waals surface area contributed by atoms with Crippen molar-refractivity contribution >= 4 is 35.5 Å². The van der Waals surface area contributed by atoms with Crippen LogP contribution in [0.2, 0.25) is 5.02 Å². The van der Waals surface area contributed by atoms with Gasteiger partial charge in [0.15, 0.2) is 11.5 Å². The molecule has 4 rings (SSSR count). The first-order chi connectivity index (χ1) is 14.1. The molecule has 3 amide bonds. The molecule has 1 atom stereocenters. The van der Waals surface area contributed by atoms with E-state index in [0.29, 0.717) is 36.4 Å². The Morgan fingerprint density at radius 2 is 2.14 bits per heavy atom. The Bertz CT molecular complexity index is 774. The van der Waals surface area contributed by atoms with E-state index in [4.69, 9.17) is 21.1 Å². The number of unbranched alkanes of at least 4 members (excludes halogenated alkanes) is 2. The summed E-state index contributed by atoms with van der Waals surface area (Å²) in [7, 11) is 0. The van der Waals surface area contributed by atoms with Crippen LogP contribution in [0.3, 0.4) is 0 Å². The van der Waals surface area contributed by atoms with Crippen molar-refractivity contribution < 1.29 is 19.1 Å². The zero-order chi connectivity index (χ0) is 20.2. The van der Waals surface area contributed by atoms with Gasteiger partial charge in [-0.2, -0.15) is 0 Å². The van der Waals surface area contributed by atoms with Crippen LogP contribution >= 0.6 is 23.5 Å². The van der Waals surface area contributed by atoms with Crippen molar-refractivity contribution in [3.63, 3.8) is 0 Å². The van der Waals surface area contributed by atoms with E-state index in [2.05, 4.69) is 10.0 Å². The summed E-state index contributed by atoms with van der Waals surface area (Å²) in [5.74, 6) is 2.86. The Morgan fingerprint density at radius 3 is 2.90 bits per heavy atom. The van der Waals surface area contributed by atoms with Gasteiger partial charge < -0.3 is 14.4 Å². The van der Waals surface area contributed by atoms with E-state index in [1.165, 1.54) is 12.8 Å². The van der Waals surface area contributed by atoms with Gasteiger partial charge in [-0.15, -0.1) is 0 Å². The quantitative estimate of drug-likeness (QED) is 0.312. The van der Waals surface area contributed by atoms with Crippen molar-refractivity contribution in [2.24, 2.45) is 5.92 Å². The fourth-order valence-corrected chi connectivity index (χ4v) is 4.49. The molecule has 0 aromatic heterocycles. The zero-order valence-electron chi connectivity index (χ0n) is 16.2. The molecule has 2 heterocycles.